The van der Waals surface area contributed by atoms with Gasteiger partial charge in [0.15, 0.2) is 0 Å². The first-order valence-corrected chi connectivity index (χ1v) is 8.15. The summed E-state index contributed by atoms with van der Waals surface area (Å²) in [5.74, 6) is 0.521. The van der Waals surface area contributed by atoms with Gasteiger partial charge in [-0.25, -0.2) is 0 Å². The molecule has 2 aliphatic rings. The first-order valence-electron chi connectivity index (χ1n) is 8.15. The lowest BCUT2D eigenvalue weighted by molar-refractivity contribution is 0.471. The van der Waals surface area contributed by atoms with Crippen LogP contribution >= 0.6 is 0 Å². The SMILES string of the molecule is Oc1ccc2c(c1)CCc1cc(O)cnc1C2=C1CCNCC1. The summed E-state index contributed by atoms with van der Waals surface area (Å²) in [5.41, 5.74) is 7.03. The molecule has 0 bridgehead atoms. The standard InChI is InChI=1S/C19H20N2O2/c22-15-3-4-17-13(9-15)1-2-14-10-16(23)11-21-19(14)18(17)12-5-7-20-8-6-12/h3-4,9-11,20,22-23H,1-2,5-8H2. The summed E-state index contributed by atoms with van der Waals surface area (Å²) in [7, 11) is 0. The summed E-state index contributed by atoms with van der Waals surface area (Å²) in [5, 5.41) is 23.1. The molecule has 0 saturated carbocycles. The molecule has 1 saturated heterocycles. The minimum Gasteiger partial charge on any atom is -0.508 e. The number of pyridine rings is 1. The number of hydrogen-bond donors (Lipinski definition) is 3. The molecule has 118 valence electrons. The Hall–Kier alpha value is -2.33. The van der Waals surface area contributed by atoms with E-state index in [4.69, 9.17) is 0 Å². The van der Waals surface area contributed by atoms with Gasteiger partial charge in [-0.15, -0.1) is 0 Å². The van der Waals surface area contributed by atoms with E-state index in [0.717, 1.165) is 55.6 Å². The highest BCUT2D eigenvalue weighted by Gasteiger charge is 2.24. The highest BCUT2D eigenvalue weighted by Crippen LogP contribution is 2.38. The minimum atomic E-state index is 0.215. The summed E-state index contributed by atoms with van der Waals surface area (Å²) in [6.45, 7) is 1.97. The molecular weight excluding hydrogens is 288 g/mol. The van der Waals surface area contributed by atoms with E-state index in [1.807, 2.05) is 18.2 Å². The quantitative estimate of drug-likeness (QED) is 0.700. The van der Waals surface area contributed by atoms with Crippen LogP contribution in [0.25, 0.3) is 5.57 Å². The van der Waals surface area contributed by atoms with Crippen LogP contribution < -0.4 is 5.32 Å². The van der Waals surface area contributed by atoms with E-state index in [1.165, 1.54) is 22.9 Å². The molecule has 4 heteroatoms. The Balaban J connectivity index is 1.98. The first kappa shape index (κ1) is 14.3. The van der Waals surface area contributed by atoms with Gasteiger partial charge in [-0.3, -0.25) is 4.98 Å². The number of aryl methyl sites for hydroxylation is 2. The fourth-order valence-electron chi connectivity index (χ4n) is 3.68. The Labute approximate surface area is 135 Å². The number of fused-ring (bicyclic) bond motifs is 2. The van der Waals surface area contributed by atoms with Crippen LogP contribution in [-0.4, -0.2) is 28.3 Å². The van der Waals surface area contributed by atoms with Gasteiger partial charge in [0.2, 0.25) is 0 Å². The van der Waals surface area contributed by atoms with Crippen molar-refractivity contribution >= 4 is 5.57 Å². The molecule has 0 radical (unpaired) electrons. The second-order valence-electron chi connectivity index (χ2n) is 6.27. The first-order chi connectivity index (χ1) is 11.2. The summed E-state index contributed by atoms with van der Waals surface area (Å²) < 4.78 is 0. The third kappa shape index (κ3) is 2.59. The largest absolute Gasteiger partial charge is 0.508 e. The summed E-state index contributed by atoms with van der Waals surface area (Å²) in [6, 6.07) is 7.46. The average molecular weight is 308 g/mol. The predicted octanol–water partition coefficient (Wildman–Crippen LogP) is 2.78. The number of piperidine rings is 1. The van der Waals surface area contributed by atoms with Crippen molar-refractivity contribution in [1.29, 1.82) is 0 Å². The van der Waals surface area contributed by atoms with Gasteiger partial charge in [0.1, 0.15) is 11.5 Å². The number of nitrogens with zero attached hydrogens (tertiary/aromatic N) is 1. The maximum atomic E-state index is 9.86. The average Bonchev–Trinajstić information content (AvgIpc) is 2.72. The van der Waals surface area contributed by atoms with Crippen LogP contribution in [0.15, 0.2) is 36.0 Å². The van der Waals surface area contributed by atoms with E-state index in [1.54, 1.807) is 6.07 Å². The van der Waals surface area contributed by atoms with Gasteiger partial charge in [0.25, 0.3) is 0 Å². The predicted molar refractivity (Wildman–Crippen MR) is 89.5 cm³/mol. The minimum absolute atomic E-state index is 0.215. The van der Waals surface area contributed by atoms with Gasteiger partial charge >= 0.3 is 0 Å². The summed E-state index contributed by atoms with van der Waals surface area (Å²) in [6.07, 6.45) is 5.22. The topological polar surface area (TPSA) is 65.4 Å². The molecule has 1 aromatic carbocycles. The molecule has 23 heavy (non-hydrogen) atoms. The summed E-state index contributed by atoms with van der Waals surface area (Å²) >= 11 is 0. The Morgan fingerprint density at radius 1 is 0.870 bits per heavy atom. The number of hydrogen-bond acceptors (Lipinski definition) is 4. The van der Waals surface area contributed by atoms with Crippen LogP contribution in [0.3, 0.4) is 0 Å². The lowest BCUT2D eigenvalue weighted by Gasteiger charge is -2.21. The smallest absolute Gasteiger partial charge is 0.134 e. The van der Waals surface area contributed by atoms with E-state index in [0.29, 0.717) is 5.75 Å². The molecule has 0 atom stereocenters. The van der Waals surface area contributed by atoms with E-state index in [-0.39, 0.29) is 5.75 Å². The van der Waals surface area contributed by atoms with Gasteiger partial charge in [-0.2, -0.15) is 0 Å². The van der Waals surface area contributed by atoms with Crippen molar-refractivity contribution in [3.05, 3.63) is 58.4 Å². The van der Waals surface area contributed by atoms with Crippen molar-refractivity contribution in [1.82, 2.24) is 10.3 Å². The zero-order valence-corrected chi connectivity index (χ0v) is 13.0. The normalized spacial score (nSPS) is 17.4. The highest BCUT2D eigenvalue weighted by atomic mass is 16.3. The van der Waals surface area contributed by atoms with Crippen LogP contribution in [-0.2, 0) is 12.8 Å². The fraction of sp³-hybridized carbons (Fsp3) is 0.316. The number of rotatable bonds is 0. The molecule has 1 fully saturated rings. The molecule has 2 heterocycles. The van der Waals surface area contributed by atoms with Crippen molar-refractivity contribution in [2.45, 2.75) is 25.7 Å². The van der Waals surface area contributed by atoms with Crippen LogP contribution in [0.5, 0.6) is 11.5 Å². The van der Waals surface area contributed by atoms with Crippen LogP contribution in [0, 0.1) is 0 Å². The molecule has 2 aromatic rings. The third-order valence-electron chi connectivity index (χ3n) is 4.77. The molecule has 0 amide bonds. The molecule has 3 N–H and O–H groups in total. The Morgan fingerprint density at radius 3 is 2.43 bits per heavy atom. The molecule has 4 nitrogen and oxygen atoms in total. The number of aromatic nitrogens is 1. The van der Waals surface area contributed by atoms with Gasteiger partial charge in [-0.1, -0.05) is 11.6 Å². The number of nitrogens with one attached hydrogen (secondary N) is 1. The Kier molecular flexibility index (Phi) is 3.54. The lowest BCUT2D eigenvalue weighted by Crippen LogP contribution is -2.24. The zero-order chi connectivity index (χ0) is 15.8. The van der Waals surface area contributed by atoms with Crippen molar-refractivity contribution in [3.63, 3.8) is 0 Å². The second kappa shape index (κ2) is 5.70. The Morgan fingerprint density at radius 2 is 1.61 bits per heavy atom. The van der Waals surface area contributed by atoms with E-state index < -0.39 is 0 Å². The van der Waals surface area contributed by atoms with Crippen molar-refractivity contribution < 1.29 is 10.2 Å². The van der Waals surface area contributed by atoms with E-state index in [2.05, 4.69) is 10.3 Å². The second-order valence-corrected chi connectivity index (χ2v) is 6.27. The molecule has 4 rings (SSSR count). The van der Waals surface area contributed by atoms with Crippen LogP contribution in [0.2, 0.25) is 0 Å². The molecule has 0 spiro atoms. The molecular formula is C19H20N2O2. The van der Waals surface area contributed by atoms with Crippen molar-refractivity contribution in [3.8, 4) is 11.5 Å². The molecule has 1 aliphatic carbocycles. The number of benzene rings is 1. The van der Waals surface area contributed by atoms with Crippen LogP contribution in [0.4, 0.5) is 0 Å². The van der Waals surface area contributed by atoms with Gasteiger partial charge in [0.05, 0.1) is 11.9 Å². The maximum Gasteiger partial charge on any atom is 0.134 e. The maximum absolute atomic E-state index is 9.86. The monoisotopic (exact) mass is 308 g/mol. The van der Waals surface area contributed by atoms with E-state index >= 15 is 0 Å². The third-order valence-corrected chi connectivity index (χ3v) is 4.77. The molecule has 1 aliphatic heterocycles. The van der Waals surface area contributed by atoms with Crippen LogP contribution in [0.1, 0.15) is 35.2 Å². The molecule has 0 unspecified atom stereocenters. The van der Waals surface area contributed by atoms with Gasteiger partial charge in [0, 0.05) is 5.57 Å². The lowest BCUT2D eigenvalue weighted by atomic mass is 9.89. The van der Waals surface area contributed by atoms with Gasteiger partial charge in [-0.05, 0) is 73.7 Å². The number of phenolic OH excluding ortho intramolecular Hbond substituents is 1. The van der Waals surface area contributed by atoms with Crippen molar-refractivity contribution in [2.75, 3.05) is 13.1 Å². The Bertz CT molecular complexity index is 732. The van der Waals surface area contributed by atoms with Gasteiger partial charge < -0.3 is 15.5 Å². The zero-order valence-electron chi connectivity index (χ0n) is 13.0. The molecule has 1 aromatic heterocycles. The fourth-order valence-corrected chi connectivity index (χ4v) is 3.68. The highest BCUT2D eigenvalue weighted by molar-refractivity contribution is 5.84. The summed E-state index contributed by atoms with van der Waals surface area (Å²) in [4.78, 5) is 4.57. The van der Waals surface area contributed by atoms with Crippen molar-refractivity contribution in [2.24, 2.45) is 0 Å². The number of aromatic hydroxyl groups is 2. The number of phenols is 1. The van der Waals surface area contributed by atoms with E-state index in [9.17, 15) is 10.2 Å².